The fourth-order valence-electron chi connectivity index (χ4n) is 1.86. The summed E-state index contributed by atoms with van der Waals surface area (Å²) >= 11 is 12.0. The van der Waals surface area contributed by atoms with Gasteiger partial charge >= 0.3 is 0 Å². The third-order valence-electron chi connectivity index (χ3n) is 3.15. The van der Waals surface area contributed by atoms with Gasteiger partial charge in [0.2, 0.25) is 5.76 Å². The average Bonchev–Trinajstić information content (AvgIpc) is 2.83. The molecule has 1 aromatic carbocycles. The van der Waals surface area contributed by atoms with E-state index < -0.39 is 0 Å². The minimum absolute atomic E-state index is 0.210. The number of rotatable bonds is 3. The van der Waals surface area contributed by atoms with Crippen LogP contribution in [0.3, 0.4) is 0 Å². The van der Waals surface area contributed by atoms with Crippen molar-refractivity contribution in [2.75, 3.05) is 7.05 Å². The van der Waals surface area contributed by atoms with E-state index in [2.05, 4.69) is 5.16 Å². The van der Waals surface area contributed by atoms with Crippen LogP contribution < -0.4 is 0 Å². The third kappa shape index (κ3) is 2.97. The van der Waals surface area contributed by atoms with Gasteiger partial charge in [-0.25, -0.2) is 0 Å². The molecule has 0 saturated carbocycles. The van der Waals surface area contributed by atoms with Crippen molar-refractivity contribution in [1.29, 1.82) is 0 Å². The molecular formula is C14H14Cl2N2O2. The Morgan fingerprint density at radius 3 is 2.60 bits per heavy atom. The smallest absolute Gasteiger partial charge is 0.292 e. The molecule has 6 heteroatoms. The molecule has 0 bridgehead atoms. The number of amides is 1. The maximum absolute atomic E-state index is 12.3. The largest absolute Gasteiger partial charge is 0.351 e. The first-order valence-corrected chi connectivity index (χ1v) is 6.81. The molecule has 0 saturated heterocycles. The molecule has 0 N–H and O–H groups in total. The number of hydrogen-bond acceptors (Lipinski definition) is 3. The van der Waals surface area contributed by atoms with Gasteiger partial charge in [-0.15, -0.1) is 0 Å². The van der Waals surface area contributed by atoms with Crippen LogP contribution in [0.15, 0.2) is 28.8 Å². The van der Waals surface area contributed by atoms with Crippen molar-refractivity contribution in [2.45, 2.75) is 19.9 Å². The number of carbonyl (C=O) groups excluding carboxylic acids is 1. The first kappa shape index (κ1) is 14.9. The topological polar surface area (TPSA) is 46.3 Å². The number of aryl methyl sites for hydroxylation is 1. The predicted molar refractivity (Wildman–Crippen MR) is 78.2 cm³/mol. The molecule has 0 spiro atoms. The molecule has 2 aromatic rings. The highest BCUT2D eigenvalue weighted by molar-refractivity contribution is 6.35. The highest BCUT2D eigenvalue weighted by Gasteiger charge is 2.23. The maximum atomic E-state index is 12.3. The minimum atomic E-state index is -0.246. The van der Waals surface area contributed by atoms with Crippen LogP contribution in [0.2, 0.25) is 10.0 Å². The number of carbonyl (C=O) groups is 1. The van der Waals surface area contributed by atoms with Crippen molar-refractivity contribution in [1.82, 2.24) is 10.1 Å². The highest BCUT2D eigenvalue weighted by atomic mass is 35.5. The Morgan fingerprint density at radius 1 is 1.35 bits per heavy atom. The molecule has 0 radical (unpaired) electrons. The summed E-state index contributed by atoms with van der Waals surface area (Å²) < 4.78 is 4.99. The molecule has 0 aliphatic rings. The average molecular weight is 313 g/mol. The van der Waals surface area contributed by atoms with Crippen molar-refractivity contribution in [3.05, 3.63) is 51.3 Å². The van der Waals surface area contributed by atoms with Gasteiger partial charge < -0.3 is 9.42 Å². The fourth-order valence-corrected chi connectivity index (χ4v) is 2.43. The zero-order valence-electron chi connectivity index (χ0n) is 11.4. The summed E-state index contributed by atoms with van der Waals surface area (Å²) in [7, 11) is 1.69. The molecule has 2 rings (SSSR count). The van der Waals surface area contributed by atoms with Crippen LogP contribution in [0, 0.1) is 6.92 Å². The summed E-state index contributed by atoms with van der Waals surface area (Å²) in [6.07, 6.45) is 0. The van der Waals surface area contributed by atoms with Crippen LogP contribution in [0.4, 0.5) is 0 Å². The lowest BCUT2D eigenvalue weighted by Gasteiger charge is -2.25. The summed E-state index contributed by atoms with van der Waals surface area (Å²) in [5, 5.41) is 4.80. The van der Waals surface area contributed by atoms with Crippen molar-refractivity contribution in [3.8, 4) is 0 Å². The lowest BCUT2D eigenvalue weighted by Crippen LogP contribution is -2.29. The van der Waals surface area contributed by atoms with E-state index in [-0.39, 0.29) is 17.7 Å². The zero-order valence-corrected chi connectivity index (χ0v) is 12.9. The van der Waals surface area contributed by atoms with Gasteiger partial charge in [0, 0.05) is 23.2 Å². The normalized spacial score (nSPS) is 12.2. The SMILES string of the molecule is Cc1cc(C(=O)N(C)C(C)c2ccc(Cl)cc2Cl)on1. The quantitative estimate of drug-likeness (QED) is 0.856. The molecular weight excluding hydrogens is 299 g/mol. The Labute approximate surface area is 127 Å². The molecule has 0 aliphatic carbocycles. The summed E-state index contributed by atoms with van der Waals surface area (Å²) in [5.74, 6) is -0.0361. The first-order chi connectivity index (χ1) is 9.40. The van der Waals surface area contributed by atoms with E-state index in [1.165, 1.54) is 0 Å². The van der Waals surface area contributed by atoms with Gasteiger partial charge in [0.1, 0.15) is 0 Å². The Balaban J connectivity index is 2.24. The summed E-state index contributed by atoms with van der Waals surface area (Å²) in [4.78, 5) is 13.8. The highest BCUT2D eigenvalue weighted by Crippen LogP contribution is 2.29. The van der Waals surface area contributed by atoms with E-state index in [4.69, 9.17) is 27.7 Å². The van der Waals surface area contributed by atoms with E-state index in [1.54, 1.807) is 37.1 Å². The van der Waals surface area contributed by atoms with E-state index in [1.807, 2.05) is 13.0 Å². The van der Waals surface area contributed by atoms with E-state index in [0.717, 1.165) is 5.56 Å². The minimum Gasteiger partial charge on any atom is -0.351 e. The number of nitrogens with zero attached hydrogens (tertiary/aromatic N) is 2. The van der Waals surface area contributed by atoms with Gasteiger partial charge in [-0.3, -0.25) is 4.79 Å². The summed E-state index contributed by atoms with van der Waals surface area (Å²) in [5.41, 5.74) is 1.49. The molecule has 1 amide bonds. The Hall–Kier alpha value is -1.52. The van der Waals surface area contributed by atoms with Gasteiger partial charge in [-0.2, -0.15) is 0 Å². The lowest BCUT2D eigenvalue weighted by atomic mass is 10.1. The lowest BCUT2D eigenvalue weighted by molar-refractivity contribution is 0.0700. The molecule has 1 unspecified atom stereocenters. The monoisotopic (exact) mass is 312 g/mol. The van der Waals surface area contributed by atoms with E-state index >= 15 is 0 Å². The van der Waals surface area contributed by atoms with Gasteiger partial charge in [0.25, 0.3) is 5.91 Å². The molecule has 1 heterocycles. The van der Waals surface area contributed by atoms with Crippen molar-refractivity contribution in [3.63, 3.8) is 0 Å². The molecule has 4 nitrogen and oxygen atoms in total. The fraction of sp³-hybridized carbons (Fsp3) is 0.286. The van der Waals surface area contributed by atoms with Gasteiger partial charge in [-0.05, 0) is 31.5 Å². The van der Waals surface area contributed by atoms with Gasteiger partial charge in [0.15, 0.2) is 0 Å². The van der Waals surface area contributed by atoms with E-state index in [0.29, 0.717) is 15.7 Å². The second kappa shape index (κ2) is 5.85. The molecule has 1 aromatic heterocycles. The predicted octanol–water partition coefficient (Wildman–Crippen LogP) is 4.12. The van der Waals surface area contributed by atoms with Crippen LogP contribution >= 0.6 is 23.2 Å². The molecule has 106 valence electrons. The number of benzene rings is 1. The Morgan fingerprint density at radius 2 is 2.05 bits per heavy atom. The molecule has 20 heavy (non-hydrogen) atoms. The second-order valence-corrected chi connectivity index (χ2v) is 5.43. The Kier molecular flexibility index (Phi) is 4.35. The maximum Gasteiger partial charge on any atom is 0.292 e. The standard InChI is InChI=1S/C14H14Cl2N2O2/c1-8-6-13(20-17-8)14(19)18(3)9(2)11-5-4-10(15)7-12(11)16/h4-7,9H,1-3H3. The number of halogens is 2. The van der Waals surface area contributed by atoms with Crippen LogP contribution in [0.25, 0.3) is 0 Å². The molecule has 1 atom stereocenters. The van der Waals surface area contributed by atoms with Gasteiger partial charge in [-0.1, -0.05) is 34.4 Å². The van der Waals surface area contributed by atoms with Crippen LogP contribution in [0.5, 0.6) is 0 Å². The van der Waals surface area contributed by atoms with Crippen molar-refractivity contribution in [2.24, 2.45) is 0 Å². The second-order valence-electron chi connectivity index (χ2n) is 4.59. The van der Waals surface area contributed by atoms with Crippen molar-refractivity contribution < 1.29 is 9.32 Å². The van der Waals surface area contributed by atoms with E-state index in [9.17, 15) is 4.79 Å². The first-order valence-electron chi connectivity index (χ1n) is 6.05. The van der Waals surface area contributed by atoms with Crippen molar-refractivity contribution >= 4 is 29.1 Å². The van der Waals surface area contributed by atoms with Gasteiger partial charge in [0.05, 0.1) is 11.7 Å². The van der Waals surface area contributed by atoms with Crippen LogP contribution in [-0.2, 0) is 0 Å². The summed E-state index contributed by atoms with van der Waals surface area (Å²) in [6, 6.07) is 6.61. The molecule has 0 aliphatic heterocycles. The number of hydrogen-bond donors (Lipinski definition) is 0. The van der Waals surface area contributed by atoms with Crippen LogP contribution in [0.1, 0.15) is 34.8 Å². The molecule has 0 fully saturated rings. The zero-order chi connectivity index (χ0) is 14.9. The third-order valence-corrected chi connectivity index (χ3v) is 3.72. The summed E-state index contributed by atoms with van der Waals surface area (Å²) in [6.45, 7) is 3.65. The van der Waals surface area contributed by atoms with Crippen LogP contribution in [-0.4, -0.2) is 23.0 Å². The Bertz CT molecular complexity index is 640. The number of aromatic nitrogens is 1.